The van der Waals surface area contributed by atoms with E-state index in [1.165, 1.54) is 5.56 Å². The highest BCUT2D eigenvalue weighted by Crippen LogP contribution is 2.50. The Hall–Kier alpha value is -2.39. The fourth-order valence-corrected chi connectivity index (χ4v) is 2.63. The van der Waals surface area contributed by atoms with Crippen molar-refractivity contribution in [1.29, 1.82) is 0 Å². The number of aryl methyl sites for hydroxylation is 1. The van der Waals surface area contributed by atoms with Crippen LogP contribution in [0.25, 0.3) is 6.08 Å². The Morgan fingerprint density at radius 2 is 1.78 bits per heavy atom. The molecular formula is C20H21NO2. The van der Waals surface area contributed by atoms with Crippen LogP contribution in [0.15, 0.2) is 60.7 Å². The van der Waals surface area contributed by atoms with Crippen LogP contribution in [0.3, 0.4) is 0 Å². The Balaban J connectivity index is 1.67. The van der Waals surface area contributed by atoms with Gasteiger partial charge in [0.15, 0.2) is 0 Å². The van der Waals surface area contributed by atoms with Gasteiger partial charge in [0.2, 0.25) is 5.91 Å². The highest BCUT2D eigenvalue weighted by atomic mass is 16.3. The number of aliphatic hydroxyl groups is 1. The molecule has 3 rings (SSSR count). The lowest BCUT2D eigenvalue weighted by Crippen LogP contribution is -2.33. The largest absolute Gasteiger partial charge is 0.388 e. The van der Waals surface area contributed by atoms with Gasteiger partial charge in [-0.1, -0.05) is 60.2 Å². The van der Waals surface area contributed by atoms with Gasteiger partial charge in [-0.05, 0) is 37.5 Å². The van der Waals surface area contributed by atoms with Crippen LogP contribution in [-0.2, 0) is 4.79 Å². The van der Waals surface area contributed by atoms with E-state index in [1.807, 2.05) is 67.6 Å². The van der Waals surface area contributed by atoms with Crippen LogP contribution in [-0.4, -0.2) is 17.1 Å². The number of rotatable bonds is 5. The fraction of sp³-hybridized carbons (Fsp3) is 0.250. The molecule has 1 amide bonds. The molecule has 0 saturated heterocycles. The molecule has 0 aromatic heterocycles. The summed E-state index contributed by atoms with van der Waals surface area (Å²) in [6, 6.07) is 17.4. The summed E-state index contributed by atoms with van der Waals surface area (Å²) < 4.78 is 0. The highest BCUT2D eigenvalue weighted by Gasteiger charge is 2.54. The number of amides is 1. The zero-order chi connectivity index (χ0) is 16.3. The summed E-state index contributed by atoms with van der Waals surface area (Å²) in [6.07, 6.45) is 4.26. The Bertz CT molecular complexity index is 700. The quantitative estimate of drug-likeness (QED) is 0.883. The van der Waals surface area contributed by atoms with Gasteiger partial charge in [-0.25, -0.2) is 0 Å². The van der Waals surface area contributed by atoms with Gasteiger partial charge in [0.25, 0.3) is 0 Å². The van der Waals surface area contributed by atoms with Gasteiger partial charge in [-0.3, -0.25) is 4.79 Å². The van der Waals surface area contributed by atoms with Crippen LogP contribution in [0.2, 0.25) is 0 Å². The number of hydrogen-bond acceptors (Lipinski definition) is 2. The smallest absolute Gasteiger partial charge is 0.233 e. The summed E-state index contributed by atoms with van der Waals surface area (Å²) in [4.78, 5) is 12.5. The Morgan fingerprint density at radius 1 is 1.13 bits per heavy atom. The SMILES string of the molecule is Cc1ccc(/C=C/C(O)C2(C(=O)Nc3ccccc3)CC2)cc1. The van der Waals surface area contributed by atoms with Crippen molar-refractivity contribution in [3.63, 3.8) is 0 Å². The highest BCUT2D eigenvalue weighted by molar-refractivity contribution is 5.97. The van der Waals surface area contributed by atoms with Crippen molar-refractivity contribution in [3.05, 3.63) is 71.8 Å². The number of aliphatic hydroxyl groups excluding tert-OH is 1. The van der Waals surface area contributed by atoms with E-state index in [2.05, 4.69) is 5.32 Å². The van der Waals surface area contributed by atoms with E-state index in [0.717, 1.165) is 11.3 Å². The first-order valence-electron chi connectivity index (χ1n) is 7.90. The maximum atomic E-state index is 12.5. The summed E-state index contributed by atoms with van der Waals surface area (Å²) in [5, 5.41) is 13.4. The molecule has 3 nitrogen and oxygen atoms in total. The third kappa shape index (κ3) is 3.51. The Kier molecular flexibility index (Phi) is 4.30. The van der Waals surface area contributed by atoms with Crippen molar-refractivity contribution in [3.8, 4) is 0 Å². The standard InChI is InChI=1S/C20H21NO2/c1-15-7-9-16(10-8-15)11-12-18(22)20(13-14-20)19(23)21-17-5-3-2-4-6-17/h2-12,18,22H,13-14H2,1H3,(H,21,23)/b12-11+. The predicted molar refractivity (Wildman–Crippen MR) is 93.0 cm³/mol. The molecule has 0 spiro atoms. The van der Waals surface area contributed by atoms with Crippen LogP contribution in [0.4, 0.5) is 5.69 Å². The molecule has 0 bridgehead atoms. The number of carbonyl (C=O) groups excluding carboxylic acids is 1. The molecule has 1 fully saturated rings. The normalized spacial score (nSPS) is 17.0. The van der Waals surface area contributed by atoms with Gasteiger partial charge in [0.1, 0.15) is 0 Å². The average Bonchev–Trinajstić information content (AvgIpc) is 3.37. The van der Waals surface area contributed by atoms with E-state index >= 15 is 0 Å². The third-order valence-corrected chi connectivity index (χ3v) is 4.39. The molecule has 0 aliphatic heterocycles. The Morgan fingerprint density at radius 3 is 2.39 bits per heavy atom. The number of carbonyl (C=O) groups is 1. The second-order valence-corrected chi connectivity index (χ2v) is 6.19. The molecule has 118 valence electrons. The molecule has 1 aliphatic rings. The van der Waals surface area contributed by atoms with Crippen LogP contribution < -0.4 is 5.32 Å². The summed E-state index contributed by atoms with van der Waals surface area (Å²) >= 11 is 0. The monoisotopic (exact) mass is 307 g/mol. The van der Waals surface area contributed by atoms with Gasteiger partial charge in [-0.2, -0.15) is 0 Å². The molecule has 2 N–H and O–H groups in total. The van der Waals surface area contributed by atoms with E-state index < -0.39 is 11.5 Å². The minimum Gasteiger partial charge on any atom is -0.388 e. The predicted octanol–water partition coefficient (Wildman–Crippen LogP) is 3.79. The third-order valence-electron chi connectivity index (χ3n) is 4.39. The van der Waals surface area contributed by atoms with Gasteiger partial charge < -0.3 is 10.4 Å². The first kappa shape index (κ1) is 15.5. The van der Waals surface area contributed by atoms with E-state index in [9.17, 15) is 9.90 Å². The van der Waals surface area contributed by atoms with Crippen molar-refractivity contribution in [1.82, 2.24) is 0 Å². The van der Waals surface area contributed by atoms with E-state index in [1.54, 1.807) is 6.08 Å². The fourth-order valence-electron chi connectivity index (χ4n) is 2.63. The lowest BCUT2D eigenvalue weighted by atomic mass is 9.96. The maximum absolute atomic E-state index is 12.5. The summed E-state index contributed by atoms with van der Waals surface area (Å²) in [5.41, 5.74) is 2.30. The topological polar surface area (TPSA) is 49.3 Å². The Labute approximate surface area is 136 Å². The van der Waals surface area contributed by atoms with Crippen molar-refractivity contribution >= 4 is 17.7 Å². The first-order valence-corrected chi connectivity index (χ1v) is 7.90. The van der Waals surface area contributed by atoms with Crippen molar-refractivity contribution in [2.75, 3.05) is 5.32 Å². The molecule has 23 heavy (non-hydrogen) atoms. The van der Waals surface area contributed by atoms with Gasteiger partial charge in [0, 0.05) is 5.69 Å². The molecule has 1 atom stereocenters. The van der Waals surface area contributed by atoms with Crippen molar-refractivity contribution < 1.29 is 9.90 Å². The second-order valence-electron chi connectivity index (χ2n) is 6.19. The first-order chi connectivity index (χ1) is 11.1. The summed E-state index contributed by atoms with van der Waals surface area (Å²) in [7, 11) is 0. The van der Waals surface area contributed by atoms with E-state index in [4.69, 9.17) is 0 Å². The average molecular weight is 307 g/mol. The summed E-state index contributed by atoms with van der Waals surface area (Å²) in [6.45, 7) is 2.04. The van der Waals surface area contributed by atoms with Crippen LogP contribution in [0, 0.1) is 12.3 Å². The van der Waals surface area contributed by atoms with Crippen LogP contribution in [0.5, 0.6) is 0 Å². The maximum Gasteiger partial charge on any atom is 0.233 e. The zero-order valence-corrected chi connectivity index (χ0v) is 13.2. The molecule has 1 saturated carbocycles. The molecule has 0 heterocycles. The van der Waals surface area contributed by atoms with E-state index in [-0.39, 0.29) is 5.91 Å². The summed E-state index contributed by atoms with van der Waals surface area (Å²) in [5.74, 6) is -0.107. The zero-order valence-electron chi connectivity index (χ0n) is 13.2. The van der Waals surface area contributed by atoms with Crippen molar-refractivity contribution in [2.45, 2.75) is 25.9 Å². The number of nitrogens with one attached hydrogen (secondary N) is 1. The van der Waals surface area contributed by atoms with Crippen molar-refractivity contribution in [2.24, 2.45) is 5.41 Å². The number of para-hydroxylation sites is 1. The number of anilines is 1. The molecular weight excluding hydrogens is 286 g/mol. The van der Waals surface area contributed by atoms with Crippen LogP contribution >= 0.6 is 0 Å². The van der Waals surface area contributed by atoms with Crippen LogP contribution in [0.1, 0.15) is 24.0 Å². The van der Waals surface area contributed by atoms with Gasteiger partial charge in [0.05, 0.1) is 11.5 Å². The molecule has 2 aromatic carbocycles. The lowest BCUT2D eigenvalue weighted by Gasteiger charge is -2.19. The minimum absolute atomic E-state index is 0.107. The number of benzene rings is 2. The van der Waals surface area contributed by atoms with Gasteiger partial charge in [-0.15, -0.1) is 0 Å². The number of hydrogen-bond donors (Lipinski definition) is 2. The second kappa shape index (κ2) is 6.39. The van der Waals surface area contributed by atoms with E-state index in [0.29, 0.717) is 12.8 Å². The molecule has 3 heteroatoms. The molecule has 1 unspecified atom stereocenters. The molecule has 1 aliphatic carbocycles. The minimum atomic E-state index is -0.771. The van der Waals surface area contributed by atoms with Gasteiger partial charge >= 0.3 is 0 Å². The molecule has 0 radical (unpaired) electrons. The lowest BCUT2D eigenvalue weighted by molar-refractivity contribution is -0.124. The molecule has 2 aromatic rings.